The zero-order chi connectivity index (χ0) is 21.4. The molecule has 7 heteroatoms. The van der Waals surface area contributed by atoms with Crippen LogP contribution >= 0.6 is 0 Å². The number of nitrogens with zero attached hydrogens (tertiary/aromatic N) is 5. The lowest BCUT2D eigenvalue weighted by Gasteiger charge is -2.33. The van der Waals surface area contributed by atoms with Gasteiger partial charge in [-0.2, -0.15) is 5.10 Å². The standard InChI is InChI=1S/C24H31N5O2/c1-27-22(19-8-2-3-9-21(19)26-27)24(31)29-14-6-7-18(16-29)20-11-10-17(15-25-20)23(30)28-12-4-5-13-28/h10-11,15,18H,2-9,12-14,16H2,1H3/t18-/m1/s1. The van der Waals surface area contributed by atoms with Crippen LogP contribution in [0.15, 0.2) is 18.3 Å². The first-order valence-corrected chi connectivity index (χ1v) is 11.7. The van der Waals surface area contributed by atoms with Crippen LogP contribution in [-0.4, -0.2) is 62.6 Å². The van der Waals surface area contributed by atoms with Gasteiger partial charge in [-0.05, 0) is 63.5 Å². The molecule has 1 aliphatic carbocycles. The van der Waals surface area contributed by atoms with Crippen LogP contribution in [-0.2, 0) is 19.9 Å². The highest BCUT2D eigenvalue weighted by Crippen LogP contribution is 2.29. The minimum Gasteiger partial charge on any atom is -0.339 e. The van der Waals surface area contributed by atoms with Crippen LogP contribution in [0.1, 0.15) is 82.2 Å². The maximum atomic E-state index is 13.4. The summed E-state index contributed by atoms with van der Waals surface area (Å²) in [5, 5.41) is 4.62. The van der Waals surface area contributed by atoms with Gasteiger partial charge in [0.2, 0.25) is 0 Å². The van der Waals surface area contributed by atoms with Gasteiger partial charge >= 0.3 is 0 Å². The fourth-order valence-electron chi connectivity index (χ4n) is 5.38. The summed E-state index contributed by atoms with van der Waals surface area (Å²) in [6.07, 6.45) is 10.1. The Labute approximate surface area is 183 Å². The SMILES string of the molecule is Cn1nc2c(c1C(=O)N1CCC[C@@H](c3ccc(C(=O)N4CCCC4)cn3)C1)CCCC2. The molecule has 1 atom stereocenters. The van der Waals surface area contributed by atoms with Gasteiger partial charge in [0.25, 0.3) is 11.8 Å². The summed E-state index contributed by atoms with van der Waals surface area (Å²) in [6.45, 7) is 3.14. The lowest BCUT2D eigenvalue weighted by Crippen LogP contribution is -2.40. The molecule has 2 aromatic heterocycles. The molecule has 2 aliphatic heterocycles. The number of piperidine rings is 1. The molecule has 31 heavy (non-hydrogen) atoms. The molecule has 2 amide bonds. The number of aryl methyl sites for hydroxylation is 2. The topological polar surface area (TPSA) is 71.3 Å². The van der Waals surface area contributed by atoms with Crippen LogP contribution in [0.2, 0.25) is 0 Å². The Morgan fingerprint density at radius 1 is 0.935 bits per heavy atom. The first-order chi connectivity index (χ1) is 15.1. The first-order valence-electron chi connectivity index (χ1n) is 11.7. The quantitative estimate of drug-likeness (QED) is 0.764. The molecular weight excluding hydrogens is 390 g/mol. The first kappa shape index (κ1) is 20.2. The second kappa shape index (κ2) is 8.44. The molecule has 0 saturated carbocycles. The maximum absolute atomic E-state index is 13.4. The monoisotopic (exact) mass is 421 g/mol. The summed E-state index contributed by atoms with van der Waals surface area (Å²) in [7, 11) is 1.89. The number of rotatable bonds is 3. The fourth-order valence-corrected chi connectivity index (χ4v) is 5.38. The number of fused-ring (bicyclic) bond motifs is 1. The Morgan fingerprint density at radius 2 is 1.71 bits per heavy atom. The molecule has 0 radical (unpaired) electrons. The van der Waals surface area contributed by atoms with E-state index in [0.717, 1.165) is 93.6 Å². The third kappa shape index (κ3) is 3.86. The van der Waals surface area contributed by atoms with E-state index in [4.69, 9.17) is 0 Å². The minimum atomic E-state index is 0.0815. The number of hydrogen-bond donors (Lipinski definition) is 0. The van der Waals surface area contributed by atoms with Gasteiger partial charge in [0.05, 0.1) is 11.3 Å². The maximum Gasteiger partial charge on any atom is 0.272 e. The van der Waals surface area contributed by atoms with Gasteiger partial charge in [0.15, 0.2) is 0 Å². The molecule has 2 fully saturated rings. The van der Waals surface area contributed by atoms with Crippen LogP contribution in [0, 0.1) is 0 Å². The van der Waals surface area contributed by atoms with E-state index in [1.807, 2.05) is 29.0 Å². The van der Waals surface area contributed by atoms with Gasteiger partial charge in [-0.25, -0.2) is 0 Å². The average molecular weight is 422 g/mol. The molecule has 2 aromatic rings. The predicted octanol–water partition coefficient (Wildman–Crippen LogP) is 2.95. The van der Waals surface area contributed by atoms with Crippen molar-refractivity contribution in [2.75, 3.05) is 26.2 Å². The number of hydrogen-bond acceptors (Lipinski definition) is 4. The van der Waals surface area contributed by atoms with E-state index < -0.39 is 0 Å². The number of pyridine rings is 1. The van der Waals surface area contributed by atoms with Crippen molar-refractivity contribution in [2.24, 2.45) is 7.05 Å². The largest absolute Gasteiger partial charge is 0.339 e. The lowest BCUT2D eigenvalue weighted by molar-refractivity contribution is 0.0693. The van der Waals surface area contributed by atoms with Gasteiger partial charge in [0.1, 0.15) is 5.69 Å². The second-order valence-corrected chi connectivity index (χ2v) is 9.17. The van der Waals surface area contributed by atoms with E-state index in [1.165, 1.54) is 0 Å². The highest BCUT2D eigenvalue weighted by molar-refractivity contribution is 5.95. The van der Waals surface area contributed by atoms with Crippen LogP contribution in [0.25, 0.3) is 0 Å². The smallest absolute Gasteiger partial charge is 0.272 e. The normalized spacial score (nSPS) is 21.3. The third-order valence-corrected chi connectivity index (χ3v) is 7.07. The van der Waals surface area contributed by atoms with E-state index in [-0.39, 0.29) is 17.7 Å². The van der Waals surface area contributed by atoms with Gasteiger partial charge in [-0.1, -0.05) is 0 Å². The molecule has 0 spiro atoms. The molecule has 0 unspecified atom stereocenters. The molecule has 0 bridgehead atoms. The summed E-state index contributed by atoms with van der Waals surface area (Å²) in [4.78, 5) is 34.5. The van der Waals surface area contributed by atoms with Crippen LogP contribution in [0.3, 0.4) is 0 Å². The van der Waals surface area contributed by atoms with E-state index in [1.54, 1.807) is 10.9 Å². The number of carbonyl (C=O) groups excluding carboxylic acids is 2. The van der Waals surface area contributed by atoms with Crippen molar-refractivity contribution in [3.63, 3.8) is 0 Å². The van der Waals surface area contributed by atoms with Crippen molar-refractivity contribution in [1.82, 2.24) is 24.6 Å². The van der Waals surface area contributed by atoms with Crippen molar-refractivity contribution in [3.05, 3.63) is 46.5 Å². The van der Waals surface area contributed by atoms with E-state index in [2.05, 4.69) is 10.1 Å². The van der Waals surface area contributed by atoms with Crippen molar-refractivity contribution in [3.8, 4) is 0 Å². The van der Waals surface area contributed by atoms with Gasteiger partial charge in [0, 0.05) is 56.6 Å². The van der Waals surface area contributed by atoms with E-state index in [9.17, 15) is 9.59 Å². The van der Waals surface area contributed by atoms with Crippen molar-refractivity contribution in [2.45, 2.75) is 57.3 Å². The van der Waals surface area contributed by atoms with Gasteiger partial charge in [-0.3, -0.25) is 19.3 Å². The molecule has 0 aromatic carbocycles. The Hall–Kier alpha value is -2.70. The van der Waals surface area contributed by atoms with Crippen molar-refractivity contribution >= 4 is 11.8 Å². The zero-order valence-electron chi connectivity index (χ0n) is 18.3. The molecule has 3 aliphatic rings. The average Bonchev–Trinajstić information content (AvgIpc) is 3.46. The lowest BCUT2D eigenvalue weighted by atomic mass is 9.92. The van der Waals surface area contributed by atoms with E-state index >= 15 is 0 Å². The summed E-state index contributed by atoms with van der Waals surface area (Å²) < 4.78 is 1.79. The molecule has 2 saturated heterocycles. The summed E-state index contributed by atoms with van der Waals surface area (Å²) in [5.41, 5.74) is 4.67. The van der Waals surface area contributed by atoms with E-state index in [0.29, 0.717) is 12.1 Å². The number of carbonyl (C=O) groups is 2. The van der Waals surface area contributed by atoms with Crippen LogP contribution in [0.4, 0.5) is 0 Å². The second-order valence-electron chi connectivity index (χ2n) is 9.17. The Morgan fingerprint density at radius 3 is 2.48 bits per heavy atom. The molecule has 164 valence electrons. The van der Waals surface area contributed by atoms with Gasteiger partial charge < -0.3 is 9.80 Å². The molecule has 7 nitrogen and oxygen atoms in total. The number of likely N-dealkylation sites (tertiary alicyclic amines) is 2. The molecular formula is C24H31N5O2. The highest BCUT2D eigenvalue weighted by atomic mass is 16.2. The third-order valence-electron chi connectivity index (χ3n) is 7.07. The molecule has 5 rings (SSSR count). The number of amides is 2. The molecule has 0 N–H and O–H groups in total. The molecule has 4 heterocycles. The summed E-state index contributed by atoms with van der Waals surface area (Å²) in [5.74, 6) is 0.388. The Kier molecular flexibility index (Phi) is 5.50. The Bertz CT molecular complexity index is 975. The predicted molar refractivity (Wildman–Crippen MR) is 117 cm³/mol. The van der Waals surface area contributed by atoms with Crippen molar-refractivity contribution in [1.29, 1.82) is 0 Å². The zero-order valence-corrected chi connectivity index (χ0v) is 18.3. The van der Waals surface area contributed by atoms with Crippen LogP contribution < -0.4 is 0 Å². The summed E-state index contributed by atoms with van der Waals surface area (Å²) in [6, 6.07) is 3.88. The van der Waals surface area contributed by atoms with Crippen molar-refractivity contribution < 1.29 is 9.59 Å². The fraction of sp³-hybridized carbons (Fsp3) is 0.583. The number of aromatic nitrogens is 3. The summed E-state index contributed by atoms with van der Waals surface area (Å²) >= 11 is 0. The Balaban J connectivity index is 1.30. The minimum absolute atomic E-state index is 0.0815. The highest BCUT2D eigenvalue weighted by Gasteiger charge is 2.31. The van der Waals surface area contributed by atoms with Crippen LogP contribution in [0.5, 0.6) is 0 Å². The van der Waals surface area contributed by atoms with Gasteiger partial charge in [-0.15, -0.1) is 0 Å².